The van der Waals surface area contributed by atoms with E-state index in [0.29, 0.717) is 40.1 Å². The Hall–Kier alpha value is -2.15. The topological polar surface area (TPSA) is 93.0 Å². The number of rotatable bonds is 5. The van der Waals surface area contributed by atoms with Crippen molar-refractivity contribution in [3.05, 3.63) is 40.3 Å². The molecule has 2 aliphatic heterocycles. The van der Waals surface area contributed by atoms with Crippen LogP contribution in [-0.2, 0) is 9.84 Å². The number of nitrogens with zero attached hydrogens (tertiary/aromatic N) is 5. The van der Waals surface area contributed by atoms with Gasteiger partial charge in [-0.3, -0.25) is 4.90 Å². The molecule has 1 aromatic carbocycles. The average Bonchev–Trinajstić information content (AvgIpc) is 3.28. The van der Waals surface area contributed by atoms with E-state index in [1.807, 2.05) is 4.90 Å². The molecular formula is C22H21Cl2F3N6O2S. The van der Waals surface area contributed by atoms with Gasteiger partial charge in [0.25, 0.3) is 5.92 Å². The first-order valence-electron chi connectivity index (χ1n) is 11.4. The van der Waals surface area contributed by atoms with Gasteiger partial charge < -0.3 is 5.32 Å². The van der Waals surface area contributed by atoms with Crippen LogP contribution in [0.25, 0.3) is 10.9 Å². The van der Waals surface area contributed by atoms with Crippen molar-refractivity contribution in [1.82, 2.24) is 24.6 Å². The molecule has 0 spiro atoms. The summed E-state index contributed by atoms with van der Waals surface area (Å²) in [5.41, 5.74) is 1.45. The summed E-state index contributed by atoms with van der Waals surface area (Å²) < 4.78 is 66.1. The van der Waals surface area contributed by atoms with Crippen LogP contribution in [0.2, 0.25) is 10.2 Å². The SMILES string of the molecule is O=S1(=O)CC(N2CC[C@H](c3cc4nc(Nc5cnn([C@@H]6CC6(F)F)c5Cl)ncc4cc3Cl)[C@@H](F)C2)C1. The van der Waals surface area contributed by atoms with Crippen molar-refractivity contribution in [2.45, 2.75) is 42.9 Å². The number of aromatic nitrogens is 4. The maximum absolute atomic E-state index is 15.2. The van der Waals surface area contributed by atoms with E-state index in [4.69, 9.17) is 23.2 Å². The Morgan fingerprint density at radius 3 is 2.58 bits per heavy atom. The molecule has 8 nitrogen and oxygen atoms in total. The number of anilines is 2. The van der Waals surface area contributed by atoms with Crippen molar-refractivity contribution in [3.8, 4) is 0 Å². The van der Waals surface area contributed by atoms with Gasteiger partial charge in [-0.05, 0) is 30.7 Å². The fourth-order valence-corrected chi connectivity index (χ4v) is 7.07. The van der Waals surface area contributed by atoms with E-state index in [-0.39, 0.29) is 41.6 Å². The van der Waals surface area contributed by atoms with Crippen molar-refractivity contribution < 1.29 is 21.6 Å². The van der Waals surface area contributed by atoms with Crippen molar-refractivity contribution in [2.75, 3.05) is 29.9 Å². The lowest BCUT2D eigenvalue weighted by atomic mass is 9.87. The van der Waals surface area contributed by atoms with Crippen LogP contribution in [0.1, 0.15) is 30.4 Å². The summed E-state index contributed by atoms with van der Waals surface area (Å²) in [6.07, 6.45) is 1.88. The average molecular weight is 561 g/mol. The molecule has 192 valence electrons. The number of nitrogens with one attached hydrogen (secondary N) is 1. The van der Waals surface area contributed by atoms with Gasteiger partial charge in [-0.15, -0.1) is 0 Å². The lowest BCUT2D eigenvalue weighted by Gasteiger charge is -2.42. The van der Waals surface area contributed by atoms with E-state index in [1.165, 1.54) is 6.20 Å². The molecule has 3 aromatic rings. The van der Waals surface area contributed by atoms with Crippen LogP contribution in [0.15, 0.2) is 24.5 Å². The van der Waals surface area contributed by atoms with Crippen molar-refractivity contribution >= 4 is 55.6 Å². The highest BCUT2D eigenvalue weighted by molar-refractivity contribution is 7.92. The Labute approximate surface area is 214 Å². The molecule has 2 saturated heterocycles. The van der Waals surface area contributed by atoms with Gasteiger partial charge >= 0.3 is 0 Å². The lowest BCUT2D eigenvalue weighted by Crippen LogP contribution is -2.57. The Balaban J connectivity index is 1.21. The minimum absolute atomic E-state index is 0.0314. The van der Waals surface area contributed by atoms with Crippen LogP contribution in [0, 0.1) is 0 Å². The first-order chi connectivity index (χ1) is 17.0. The van der Waals surface area contributed by atoms with E-state index in [0.717, 1.165) is 4.68 Å². The standard InChI is InChI=1S/C22H21Cl2F3N6O2S/c23-15-3-11-6-28-21(31-18-7-29-33(20(18)24)19-5-22(19,26)27)30-17(11)4-14(15)13-1-2-32(8-16(13)25)12-9-36(34,35)10-12/h3-4,6-7,12-13,16,19H,1-2,5,8-10H2,(H,28,30,31)/t13-,16+,19-/m1/s1. The largest absolute Gasteiger partial charge is 0.320 e. The number of sulfone groups is 1. The van der Waals surface area contributed by atoms with E-state index < -0.39 is 33.9 Å². The highest BCUT2D eigenvalue weighted by atomic mass is 35.5. The number of likely N-dealkylation sites (tertiary alicyclic amines) is 1. The molecule has 1 saturated carbocycles. The van der Waals surface area contributed by atoms with Crippen molar-refractivity contribution in [1.29, 1.82) is 0 Å². The third-order valence-corrected chi connectivity index (χ3v) is 9.64. The third-order valence-electron chi connectivity index (χ3n) is 7.15. The predicted molar refractivity (Wildman–Crippen MR) is 130 cm³/mol. The molecular weight excluding hydrogens is 540 g/mol. The van der Waals surface area contributed by atoms with Crippen LogP contribution < -0.4 is 5.32 Å². The van der Waals surface area contributed by atoms with Gasteiger partial charge in [0, 0.05) is 41.5 Å². The number of hydrogen-bond acceptors (Lipinski definition) is 7. The normalized spacial score (nSPS) is 27.6. The summed E-state index contributed by atoms with van der Waals surface area (Å²) in [5.74, 6) is -2.92. The summed E-state index contributed by atoms with van der Waals surface area (Å²) in [7, 11) is -2.98. The third kappa shape index (κ3) is 4.31. The van der Waals surface area contributed by atoms with Crippen molar-refractivity contribution in [3.63, 3.8) is 0 Å². The molecule has 14 heteroatoms. The van der Waals surface area contributed by atoms with Gasteiger partial charge in [0.15, 0.2) is 15.0 Å². The van der Waals surface area contributed by atoms with Gasteiger partial charge in [-0.25, -0.2) is 36.2 Å². The Bertz CT molecular complexity index is 1460. The zero-order valence-electron chi connectivity index (χ0n) is 18.7. The maximum Gasteiger partial charge on any atom is 0.272 e. The summed E-state index contributed by atoms with van der Waals surface area (Å²) in [5, 5.41) is 7.96. The monoisotopic (exact) mass is 560 g/mol. The van der Waals surface area contributed by atoms with Crippen LogP contribution in [-0.4, -0.2) is 75.8 Å². The van der Waals surface area contributed by atoms with E-state index in [2.05, 4.69) is 20.4 Å². The van der Waals surface area contributed by atoms with Crippen LogP contribution in [0.3, 0.4) is 0 Å². The molecule has 1 aliphatic carbocycles. The van der Waals surface area contributed by atoms with E-state index >= 15 is 4.39 Å². The molecule has 6 rings (SSSR count). The fourth-order valence-electron chi connectivity index (χ4n) is 5.00. The lowest BCUT2D eigenvalue weighted by molar-refractivity contribution is 0.0912. The molecule has 36 heavy (non-hydrogen) atoms. The highest BCUT2D eigenvalue weighted by Gasteiger charge is 2.59. The number of benzene rings is 1. The maximum atomic E-state index is 15.2. The number of piperidine rings is 1. The minimum atomic E-state index is -2.98. The number of hydrogen-bond donors (Lipinski definition) is 1. The van der Waals surface area contributed by atoms with Gasteiger partial charge in [0.1, 0.15) is 12.2 Å². The Kier molecular flexibility index (Phi) is 5.67. The quantitative estimate of drug-likeness (QED) is 0.495. The Morgan fingerprint density at radius 1 is 1.17 bits per heavy atom. The highest BCUT2D eigenvalue weighted by Crippen LogP contribution is 2.53. The van der Waals surface area contributed by atoms with Gasteiger partial charge in [0.05, 0.1) is 28.9 Å². The summed E-state index contributed by atoms with van der Waals surface area (Å²) in [6.45, 7) is 0.733. The smallest absolute Gasteiger partial charge is 0.272 e. The molecule has 3 atom stereocenters. The van der Waals surface area contributed by atoms with E-state index in [1.54, 1.807) is 18.3 Å². The molecule has 0 amide bonds. The molecule has 1 N–H and O–H groups in total. The Morgan fingerprint density at radius 2 is 1.92 bits per heavy atom. The van der Waals surface area contributed by atoms with Gasteiger partial charge in [-0.2, -0.15) is 5.10 Å². The van der Waals surface area contributed by atoms with Gasteiger partial charge in [0.2, 0.25) is 5.95 Å². The zero-order valence-corrected chi connectivity index (χ0v) is 21.0. The molecule has 3 aliphatic rings. The molecule has 2 aromatic heterocycles. The number of fused-ring (bicyclic) bond motifs is 1. The second-order valence-corrected chi connectivity index (χ2v) is 12.6. The minimum Gasteiger partial charge on any atom is -0.320 e. The summed E-state index contributed by atoms with van der Waals surface area (Å²) in [4.78, 5) is 10.6. The summed E-state index contributed by atoms with van der Waals surface area (Å²) >= 11 is 12.7. The molecule has 0 unspecified atom stereocenters. The van der Waals surface area contributed by atoms with Crippen LogP contribution in [0.5, 0.6) is 0 Å². The second-order valence-electron chi connectivity index (χ2n) is 9.66. The summed E-state index contributed by atoms with van der Waals surface area (Å²) in [6, 6.07) is 2.25. The van der Waals surface area contributed by atoms with Crippen LogP contribution in [0.4, 0.5) is 24.8 Å². The molecule has 4 heterocycles. The second kappa shape index (κ2) is 8.44. The van der Waals surface area contributed by atoms with Crippen molar-refractivity contribution in [2.24, 2.45) is 0 Å². The molecule has 0 bridgehead atoms. The van der Waals surface area contributed by atoms with E-state index in [9.17, 15) is 17.2 Å². The molecule has 0 radical (unpaired) electrons. The van der Waals surface area contributed by atoms with Gasteiger partial charge in [-0.1, -0.05) is 23.2 Å². The number of halogens is 5. The fraction of sp³-hybridized carbons (Fsp3) is 0.500. The predicted octanol–water partition coefficient (Wildman–Crippen LogP) is 4.38. The first-order valence-corrected chi connectivity index (χ1v) is 14.0. The van der Waals surface area contributed by atoms with Crippen LogP contribution >= 0.6 is 23.2 Å². The first kappa shape index (κ1) is 24.2. The molecule has 3 fully saturated rings. The number of alkyl halides is 3. The zero-order chi connectivity index (χ0) is 25.4.